The molecule has 5 heteroatoms. The van der Waals surface area contributed by atoms with Crippen molar-refractivity contribution in [2.24, 2.45) is 0 Å². The predicted molar refractivity (Wildman–Crippen MR) is 56.2 cm³/mol. The molecule has 1 aromatic heterocycles. The van der Waals surface area contributed by atoms with Gasteiger partial charge >= 0.3 is 0 Å². The molecule has 2 rings (SSSR count). The van der Waals surface area contributed by atoms with Crippen molar-refractivity contribution >= 4 is 11.6 Å². The molecular formula is C11H7ClF2N2. The zero-order valence-electron chi connectivity index (χ0n) is 8.12. The molecule has 0 aliphatic carbocycles. The lowest BCUT2D eigenvalue weighted by molar-refractivity contribution is 0.573. The third-order valence-electron chi connectivity index (χ3n) is 2.04. The van der Waals surface area contributed by atoms with Crippen LogP contribution in [0.4, 0.5) is 8.78 Å². The molecule has 0 spiro atoms. The molecule has 1 aromatic carbocycles. The van der Waals surface area contributed by atoms with Crippen LogP contribution in [0.25, 0.3) is 0 Å². The first-order valence-corrected chi connectivity index (χ1v) is 4.94. The van der Waals surface area contributed by atoms with Gasteiger partial charge in [0.15, 0.2) is 0 Å². The van der Waals surface area contributed by atoms with Crippen molar-refractivity contribution in [3.05, 3.63) is 58.6 Å². The summed E-state index contributed by atoms with van der Waals surface area (Å²) in [6.07, 6.45) is 1.68. The maximum Gasteiger partial charge on any atom is 0.134 e. The first kappa shape index (κ1) is 11.0. The van der Waals surface area contributed by atoms with Crippen LogP contribution in [-0.2, 0) is 6.42 Å². The van der Waals surface area contributed by atoms with Gasteiger partial charge in [-0.05, 0) is 17.7 Å². The molecule has 0 aliphatic rings. The Morgan fingerprint density at radius 1 is 1.19 bits per heavy atom. The van der Waals surface area contributed by atoms with Gasteiger partial charge in [-0.3, -0.25) is 0 Å². The highest BCUT2D eigenvalue weighted by Gasteiger charge is 2.06. The van der Waals surface area contributed by atoms with Gasteiger partial charge in [0.05, 0.1) is 0 Å². The van der Waals surface area contributed by atoms with E-state index < -0.39 is 11.6 Å². The van der Waals surface area contributed by atoms with E-state index in [4.69, 9.17) is 11.6 Å². The van der Waals surface area contributed by atoms with E-state index in [9.17, 15) is 8.78 Å². The lowest BCUT2D eigenvalue weighted by Gasteiger charge is -2.02. The fraction of sp³-hybridized carbons (Fsp3) is 0.0909. The van der Waals surface area contributed by atoms with Crippen LogP contribution in [-0.4, -0.2) is 9.97 Å². The molecule has 0 amide bonds. The van der Waals surface area contributed by atoms with Crippen molar-refractivity contribution in [1.82, 2.24) is 9.97 Å². The molecule has 0 saturated heterocycles. The second kappa shape index (κ2) is 4.53. The second-order valence-electron chi connectivity index (χ2n) is 3.21. The van der Waals surface area contributed by atoms with E-state index >= 15 is 0 Å². The van der Waals surface area contributed by atoms with Crippen molar-refractivity contribution in [2.45, 2.75) is 6.42 Å². The highest BCUT2D eigenvalue weighted by atomic mass is 35.5. The first-order valence-electron chi connectivity index (χ1n) is 4.56. The quantitative estimate of drug-likeness (QED) is 0.754. The molecule has 0 saturated carbocycles. The highest BCUT2D eigenvalue weighted by Crippen LogP contribution is 2.13. The molecule has 2 nitrogen and oxygen atoms in total. The molecule has 0 radical (unpaired) electrons. The highest BCUT2D eigenvalue weighted by molar-refractivity contribution is 6.29. The third kappa shape index (κ3) is 2.52. The van der Waals surface area contributed by atoms with Crippen molar-refractivity contribution in [1.29, 1.82) is 0 Å². The molecular weight excluding hydrogens is 234 g/mol. The van der Waals surface area contributed by atoms with Gasteiger partial charge in [-0.25, -0.2) is 18.7 Å². The van der Waals surface area contributed by atoms with E-state index in [2.05, 4.69) is 9.97 Å². The lowest BCUT2D eigenvalue weighted by atomic mass is 10.1. The summed E-state index contributed by atoms with van der Waals surface area (Å²) in [7, 11) is 0. The number of hydrogen-bond donors (Lipinski definition) is 0. The number of nitrogens with zero attached hydrogens (tertiary/aromatic N) is 2. The summed E-state index contributed by atoms with van der Waals surface area (Å²) in [6.45, 7) is 0. The zero-order chi connectivity index (χ0) is 11.5. The average molecular weight is 241 g/mol. The molecule has 0 bridgehead atoms. The predicted octanol–water partition coefficient (Wildman–Crippen LogP) is 3.00. The Kier molecular flexibility index (Phi) is 3.10. The summed E-state index contributed by atoms with van der Waals surface area (Å²) < 4.78 is 26.0. The number of halogens is 3. The van der Waals surface area contributed by atoms with Gasteiger partial charge in [-0.1, -0.05) is 17.7 Å². The standard InChI is InChI=1S/C11H7ClF2N2/c12-10-3-4-15-11(16-10)5-7-1-2-8(13)6-9(7)14/h1-4,6H,5H2. The number of benzene rings is 1. The maximum atomic E-state index is 13.3. The first-order chi connectivity index (χ1) is 7.65. The van der Waals surface area contributed by atoms with Gasteiger partial charge < -0.3 is 0 Å². The topological polar surface area (TPSA) is 25.8 Å². The molecule has 16 heavy (non-hydrogen) atoms. The molecule has 0 N–H and O–H groups in total. The van der Waals surface area contributed by atoms with Crippen molar-refractivity contribution in [2.75, 3.05) is 0 Å². The maximum absolute atomic E-state index is 13.3. The van der Waals surface area contributed by atoms with Crippen molar-refractivity contribution in [3.8, 4) is 0 Å². The van der Waals surface area contributed by atoms with Crippen molar-refractivity contribution in [3.63, 3.8) is 0 Å². The smallest absolute Gasteiger partial charge is 0.134 e. The molecule has 0 fully saturated rings. The van der Waals surface area contributed by atoms with Crippen molar-refractivity contribution < 1.29 is 8.78 Å². The lowest BCUT2D eigenvalue weighted by Crippen LogP contribution is -1.98. The van der Waals surface area contributed by atoms with Gasteiger partial charge in [0, 0.05) is 18.7 Å². The Hall–Kier alpha value is -1.55. The second-order valence-corrected chi connectivity index (χ2v) is 3.60. The van der Waals surface area contributed by atoms with E-state index in [1.54, 1.807) is 0 Å². The molecule has 82 valence electrons. The van der Waals surface area contributed by atoms with Gasteiger partial charge in [0.25, 0.3) is 0 Å². The van der Waals surface area contributed by atoms with E-state index in [0.29, 0.717) is 16.5 Å². The third-order valence-corrected chi connectivity index (χ3v) is 2.25. The Bertz CT molecular complexity index is 517. The fourth-order valence-electron chi connectivity index (χ4n) is 1.29. The normalized spacial score (nSPS) is 10.4. The van der Waals surface area contributed by atoms with Crippen LogP contribution in [0, 0.1) is 11.6 Å². The van der Waals surface area contributed by atoms with E-state index in [1.807, 2.05) is 0 Å². The van der Waals surface area contributed by atoms with Gasteiger partial charge in [-0.15, -0.1) is 0 Å². The molecule has 0 unspecified atom stereocenters. The molecule has 1 heterocycles. The van der Waals surface area contributed by atoms with Gasteiger partial charge in [-0.2, -0.15) is 0 Å². The molecule has 0 aliphatic heterocycles. The minimum atomic E-state index is -0.608. The van der Waals surface area contributed by atoms with E-state index in [1.165, 1.54) is 24.4 Å². The summed E-state index contributed by atoms with van der Waals surface area (Å²) in [4.78, 5) is 7.87. The summed E-state index contributed by atoms with van der Waals surface area (Å²) in [5.74, 6) is -0.810. The Balaban J connectivity index is 2.27. The minimum absolute atomic E-state index is 0.187. The number of hydrogen-bond acceptors (Lipinski definition) is 2. The number of rotatable bonds is 2. The summed E-state index contributed by atoms with van der Waals surface area (Å²) in [5, 5.41) is 0.299. The van der Waals surface area contributed by atoms with Crippen LogP contribution in [0.15, 0.2) is 30.5 Å². The zero-order valence-corrected chi connectivity index (χ0v) is 8.88. The number of aromatic nitrogens is 2. The Labute approximate surface area is 95.9 Å². The fourth-order valence-corrected chi connectivity index (χ4v) is 1.45. The minimum Gasteiger partial charge on any atom is -0.241 e. The monoisotopic (exact) mass is 240 g/mol. The summed E-state index contributed by atoms with van der Waals surface area (Å²) >= 11 is 5.67. The van der Waals surface area contributed by atoms with Crippen LogP contribution in [0.1, 0.15) is 11.4 Å². The SMILES string of the molecule is Fc1ccc(Cc2nccc(Cl)n2)c(F)c1. The van der Waals surface area contributed by atoms with Crippen LogP contribution in [0.5, 0.6) is 0 Å². The van der Waals surface area contributed by atoms with Crippen LogP contribution in [0.3, 0.4) is 0 Å². The Morgan fingerprint density at radius 3 is 2.69 bits per heavy atom. The average Bonchev–Trinajstić information content (AvgIpc) is 2.22. The van der Waals surface area contributed by atoms with Gasteiger partial charge in [0.1, 0.15) is 22.6 Å². The largest absolute Gasteiger partial charge is 0.241 e. The van der Waals surface area contributed by atoms with Crippen LogP contribution < -0.4 is 0 Å². The molecule has 2 aromatic rings. The van der Waals surface area contributed by atoms with E-state index in [0.717, 1.165) is 6.07 Å². The molecule has 0 atom stereocenters. The van der Waals surface area contributed by atoms with E-state index in [-0.39, 0.29) is 6.42 Å². The van der Waals surface area contributed by atoms with Gasteiger partial charge in [0.2, 0.25) is 0 Å². The Morgan fingerprint density at radius 2 is 2.00 bits per heavy atom. The summed E-state index contributed by atoms with van der Waals surface area (Å²) in [6, 6.07) is 4.93. The summed E-state index contributed by atoms with van der Waals surface area (Å²) in [5.41, 5.74) is 0.337. The van der Waals surface area contributed by atoms with Crippen LogP contribution >= 0.6 is 11.6 Å². The van der Waals surface area contributed by atoms with Crippen LogP contribution in [0.2, 0.25) is 5.15 Å².